The maximum Gasteiger partial charge on any atom is 0.417 e. The van der Waals surface area contributed by atoms with Crippen molar-refractivity contribution in [1.82, 2.24) is 24.3 Å². The van der Waals surface area contributed by atoms with E-state index in [-0.39, 0.29) is 57.5 Å². The van der Waals surface area contributed by atoms with Gasteiger partial charge in [0.1, 0.15) is 17.5 Å². The number of benzene rings is 2. The van der Waals surface area contributed by atoms with Crippen LogP contribution in [0.4, 0.5) is 27.8 Å². The van der Waals surface area contributed by atoms with Crippen molar-refractivity contribution in [1.29, 1.82) is 0 Å². The van der Waals surface area contributed by atoms with Gasteiger partial charge in [0, 0.05) is 98.0 Å². The van der Waals surface area contributed by atoms with E-state index >= 15 is 4.39 Å². The van der Waals surface area contributed by atoms with E-state index in [2.05, 4.69) is 14.8 Å². The molecule has 1 amide bonds. The van der Waals surface area contributed by atoms with Gasteiger partial charge >= 0.3 is 11.9 Å². The Kier molecular flexibility index (Phi) is 8.36. The van der Waals surface area contributed by atoms with E-state index in [1.165, 1.54) is 11.5 Å². The number of carbonyl (C=O) groups is 1. The summed E-state index contributed by atoms with van der Waals surface area (Å²) in [6.45, 7) is 9.48. The second-order valence-electron chi connectivity index (χ2n) is 12.3. The molecular formula is C31H35F5N6O2S. The first-order chi connectivity index (χ1) is 21.2. The molecule has 1 aromatic heterocycles. The molecule has 0 bridgehead atoms. The van der Waals surface area contributed by atoms with E-state index in [0.717, 1.165) is 56.1 Å². The minimum absolute atomic E-state index is 0.104. The van der Waals surface area contributed by atoms with Crippen LogP contribution in [-0.2, 0) is 11.0 Å². The normalized spacial score (nSPS) is 23.2. The number of piperazine rings is 2. The zero-order valence-electron chi connectivity index (χ0n) is 25.5. The molecule has 4 heterocycles. The molecule has 1 unspecified atom stereocenters. The standard InChI is InChI=1S/C31H35F5N6O2S/c1-17-14-41(18(2)13-40(17)19(3)43)29-23-12-24(31(34,35)36)26(22-6-5-20(32)11-25(22)33)28-27(23)42(30(44)37-29)21(16-45-28)15-39-9-7-38(4)8-10-39/h5-6,11-12,17-18,21H,7-10,13-16H2,1-4H3/t17-,18+,21?/m1/s1. The number of hydrogen-bond donors (Lipinski definition) is 0. The third-order valence-corrected chi connectivity index (χ3v) is 10.4. The van der Waals surface area contributed by atoms with Gasteiger partial charge < -0.3 is 14.7 Å². The molecule has 14 heteroatoms. The number of aromatic nitrogens is 2. The first kappa shape index (κ1) is 31.7. The van der Waals surface area contributed by atoms with Crippen molar-refractivity contribution >= 4 is 34.4 Å². The maximum absolute atomic E-state index is 15.3. The molecule has 2 fully saturated rings. The van der Waals surface area contributed by atoms with E-state index < -0.39 is 40.7 Å². The molecule has 0 aliphatic carbocycles. The van der Waals surface area contributed by atoms with Gasteiger partial charge in [0.25, 0.3) is 0 Å². The second-order valence-corrected chi connectivity index (χ2v) is 13.4. The lowest BCUT2D eigenvalue weighted by Crippen LogP contribution is -2.58. The third kappa shape index (κ3) is 5.80. The van der Waals surface area contributed by atoms with Crippen molar-refractivity contribution in [2.75, 3.05) is 63.5 Å². The highest BCUT2D eigenvalue weighted by atomic mass is 32.2. The quantitative estimate of drug-likeness (QED) is 0.380. The predicted molar refractivity (Wildman–Crippen MR) is 164 cm³/mol. The van der Waals surface area contributed by atoms with Crippen LogP contribution in [0.3, 0.4) is 0 Å². The van der Waals surface area contributed by atoms with Crippen LogP contribution in [0.25, 0.3) is 22.0 Å². The number of nitrogens with zero attached hydrogens (tertiary/aromatic N) is 6. The SMILES string of the molecule is CC(=O)N1C[C@H](C)N(c2nc(=O)n3c4c(c(-c5ccc(F)cc5F)c(C(F)(F)F)cc24)SCC3CN2CCN(C)CC2)C[C@H]1C. The molecule has 8 nitrogen and oxygen atoms in total. The molecule has 2 aromatic carbocycles. The Labute approximate surface area is 261 Å². The summed E-state index contributed by atoms with van der Waals surface area (Å²) in [5.41, 5.74) is -2.22. The molecule has 0 saturated carbocycles. The lowest BCUT2D eigenvalue weighted by molar-refractivity contribution is -0.137. The van der Waals surface area contributed by atoms with Gasteiger partial charge in [-0.3, -0.25) is 14.3 Å². The summed E-state index contributed by atoms with van der Waals surface area (Å²) in [4.78, 5) is 38.7. The molecule has 45 heavy (non-hydrogen) atoms. The number of amides is 1. The zero-order valence-corrected chi connectivity index (χ0v) is 26.3. The number of thioether (sulfide) groups is 1. The molecule has 242 valence electrons. The van der Waals surface area contributed by atoms with E-state index in [0.29, 0.717) is 19.2 Å². The Morgan fingerprint density at radius 1 is 1.04 bits per heavy atom. The van der Waals surface area contributed by atoms with Gasteiger partial charge in [0.2, 0.25) is 5.91 Å². The first-order valence-electron chi connectivity index (χ1n) is 15.0. The third-order valence-electron chi connectivity index (χ3n) is 9.16. The van der Waals surface area contributed by atoms with Crippen LogP contribution < -0.4 is 10.6 Å². The molecule has 3 aliphatic rings. The Hall–Kier alpha value is -3.23. The molecular weight excluding hydrogens is 615 g/mol. The monoisotopic (exact) mass is 650 g/mol. The van der Waals surface area contributed by atoms with Crippen molar-refractivity contribution in [3.05, 3.63) is 51.9 Å². The van der Waals surface area contributed by atoms with Crippen LogP contribution in [0.2, 0.25) is 0 Å². The summed E-state index contributed by atoms with van der Waals surface area (Å²) in [6.07, 6.45) is -4.90. The Bertz CT molecular complexity index is 1710. The maximum atomic E-state index is 15.3. The summed E-state index contributed by atoms with van der Waals surface area (Å²) < 4.78 is 75.3. The molecule has 0 spiro atoms. The molecule has 2 saturated heterocycles. The smallest absolute Gasteiger partial charge is 0.349 e. The minimum atomic E-state index is -4.90. The Balaban J connectivity index is 1.61. The fourth-order valence-corrected chi connectivity index (χ4v) is 8.14. The van der Waals surface area contributed by atoms with Crippen molar-refractivity contribution in [2.24, 2.45) is 0 Å². The van der Waals surface area contributed by atoms with Gasteiger partial charge in [-0.25, -0.2) is 13.6 Å². The highest BCUT2D eigenvalue weighted by molar-refractivity contribution is 7.99. The Morgan fingerprint density at radius 2 is 1.76 bits per heavy atom. The summed E-state index contributed by atoms with van der Waals surface area (Å²) in [6, 6.07) is 2.46. The van der Waals surface area contributed by atoms with E-state index in [9.17, 15) is 27.2 Å². The highest BCUT2D eigenvalue weighted by Gasteiger charge is 2.41. The summed E-state index contributed by atoms with van der Waals surface area (Å²) >= 11 is 1.16. The zero-order chi connectivity index (χ0) is 32.4. The van der Waals surface area contributed by atoms with Gasteiger partial charge in [0.05, 0.1) is 17.1 Å². The molecule has 3 atom stereocenters. The van der Waals surface area contributed by atoms with Crippen LogP contribution in [-0.4, -0.2) is 101 Å². The highest BCUT2D eigenvalue weighted by Crippen LogP contribution is 2.50. The number of alkyl halides is 3. The summed E-state index contributed by atoms with van der Waals surface area (Å²) in [5, 5.41) is 0.133. The molecule has 0 radical (unpaired) electrons. The van der Waals surface area contributed by atoms with Crippen molar-refractivity contribution in [3.8, 4) is 11.1 Å². The van der Waals surface area contributed by atoms with Gasteiger partial charge in [-0.1, -0.05) is 0 Å². The molecule has 3 aromatic rings. The van der Waals surface area contributed by atoms with Crippen LogP contribution in [0.1, 0.15) is 32.4 Å². The number of likely N-dealkylation sites (N-methyl/N-ethyl adjacent to an activating group) is 1. The number of halogens is 5. The average molecular weight is 651 g/mol. The van der Waals surface area contributed by atoms with Crippen LogP contribution in [0.15, 0.2) is 34.0 Å². The minimum Gasteiger partial charge on any atom is -0.349 e. The van der Waals surface area contributed by atoms with Crippen molar-refractivity contribution in [3.63, 3.8) is 0 Å². The van der Waals surface area contributed by atoms with Crippen molar-refractivity contribution in [2.45, 2.75) is 50.0 Å². The van der Waals surface area contributed by atoms with Gasteiger partial charge in [-0.05, 0) is 39.1 Å². The average Bonchev–Trinajstić information content (AvgIpc) is 2.96. The number of anilines is 1. The predicted octanol–water partition coefficient (Wildman–Crippen LogP) is 4.70. The fraction of sp³-hybridized carbons (Fsp3) is 0.516. The van der Waals surface area contributed by atoms with E-state index in [4.69, 9.17) is 0 Å². The van der Waals surface area contributed by atoms with Crippen LogP contribution >= 0.6 is 11.8 Å². The number of hydrogen-bond acceptors (Lipinski definition) is 7. The topological polar surface area (TPSA) is 64.9 Å². The molecule has 0 N–H and O–H groups in total. The van der Waals surface area contributed by atoms with Crippen LogP contribution in [0, 0.1) is 11.6 Å². The van der Waals surface area contributed by atoms with Gasteiger partial charge in [-0.2, -0.15) is 18.2 Å². The lowest BCUT2D eigenvalue weighted by Gasteiger charge is -2.45. The lowest BCUT2D eigenvalue weighted by atomic mass is 9.95. The van der Waals surface area contributed by atoms with Crippen molar-refractivity contribution < 1.29 is 26.7 Å². The van der Waals surface area contributed by atoms with Crippen LogP contribution in [0.5, 0.6) is 0 Å². The number of rotatable bonds is 4. The van der Waals surface area contributed by atoms with Gasteiger partial charge in [0.15, 0.2) is 0 Å². The Morgan fingerprint density at radius 3 is 2.40 bits per heavy atom. The first-order valence-corrected chi connectivity index (χ1v) is 16.0. The molecule has 6 rings (SSSR count). The summed E-state index contributed by atoms with van der Waals surface area (Å²) in [5.74, 6) is -1.77. The molecule has 3 aliphatic heterocycles. The summed E-state index contributed by atoms with van der Waals surface area (Å²) in [7, 11) is 2.03. The number of carbonyl (C=O) groups excluding carboxylic acids is 1. The fourth-order valence-electron chi connectivity index (χ4n) is 6.82. The van der Waals surface area contributed by atoms with Gasteiger partial charge in [-0.15, -0.1) is 11.8 Å². The van der Waals surface area contributed by atoms with E-state index in [1.54, 1.807) is 9.80 Å². The van der Waals surface area contributed by atoms with E-state index in [1.807, 2.05) is 20.9 Å². The largest absolute Gasteiger partial charge is 0.417 e. The second kappa shape index (κ2) is 11.8.